The van der Waals surface area contributed by atoms with Crippen molar-refractivity contribution in [1.82, 2.24) is 9.97 Å². The fraction of sp³-hybridized carbons (Fsp3) is 0.0833. The van der Waals surface area contributed by atoms with E-state index in [0.717, 1.165) is 10.0 Å². The van der Waals surface area contributed by atoms with Crippen LogP contribution in [0.25, 0.3) is 0 Å². The first-order chi connectivity index (χ1) is 8.58. The minimum absolute atomic E-state index is 0.115. The predicted octanol–water partition coefficient (Wildman–Crippen LogP) is 2.38. The molecule has 1 heterocycles. The van der Waals surface area contributed by atoms with E-state index >= 15 is 0 Å². The Morgan fingerprint density at radius 1 is 1.33 bits per heavy atom. The van der Waals surface area contributed by atoms with Crippen LogP contribution < -0.4 is 11.1 Å². The zero-order valence-electron chi connectivity index (χ0n) is 9.64. The molecule has 0 aliphatic carbocycles. The summed E-state index contributed by atoms with van der Waals surface area (Å²) in [6, 6.07) is 5.51. The van der Waals surface area contributed by atoms with Gasteiger partial charge in [-0.1, -0.05) is 15.9 Å². The number of carbonyl (C=O) groups excluding carboxylic acids is 1. The van der Waals surface area contributed by atoms with E-state index in [0.29, 0.717) is 5.69 Å². The van der Waals surface area contributed by atoms with Gasteiger partial charge in [-0.05, 0) is 30.7 Å². The topological polar surface area (TPSA) is 80.9 Å². The molecule has 1 aromatic carbocycles. The highest BCUT2D eigenvalue weighted by Crippen LogP contribution is 2.20. The average Bonchev–Trinajstić information content (AvgIpc) is 2.34. The molecule has 2 rings (SSSR count). The quantitative estimate of drug-likeness (QED) is 0.892. The number of benzene rings is 1. The van der Waals surface area contributed by atoms with Crippen LogP contribution >= 0.6 is 15.9 Å². The average molecular weight is 307 g/mol. The number of nitrogens with two attached hydrogens (primary N) is 1. The summed E-state index contributed by atoms with van der Waals surface area (Å²) in [4.78, 5) is 19.7. The van der Waals surface area contributed by atoms with Gasteiger partial charge in [-0.25, -0.2) is 9.97 Å². The van der Waals surface area contributed by atoms with Crippen LogP contribution in [-0.2, 0) is 0 Å². The van der Waals surface area contributed by atoms with E-state index in [2.05, 4.69) is 31.2 Å². The predicted molar refractivity (Wildman–Crippen MR) is 73.3 cm³/mol. The largest absolute Gasteiger partial charge is 0.382 e. The third-order valence-electron chi connectivity index (χ3n) is 2.36. The van der Waals surface area contributed by atoms with Gasteiger partial charge >= 0.3 is 0 Å². The van der Waals surface area contributed by atoms with Gasteiger partial charge in [-0.3, -0.25) is 4.79 Å². The van der Waals surface area contributed by atoms with Crippen molar-refractivity contribution in [3.8, 4) is 0 Å². The van der Waals surface area contributed by atoms with Crippen LogP contribution in [0, 0.1) is 6.92 Å². The van der Waals surface area contributed by atoms with E-state index in [4.69, 9.17) is 5.73 Å². The zero-order chi connectivity index (χ0) is 13.1. The highest BCUT2D eigenvalue weighted by Gasteiger charge is 2.12. The Balaban J connectivity index is 2.22. The summed E-state index contributed by atoms with van der Waals surface area (Å²) < 4.78 is 0.986. The molecule has 1 amide bonds. The molecule has 3 N–H and O–H groups in total. The third kappa shape index (κ3) is 2.65. The molecular weight excluding hydrogens is 296 g/mol. The van der Waals surface area contributed by atoms with Gasteiger partial charge in [0.1, 0.15) is 0 Å². The van der Waals surface area contributed by atoms with Crippen molar-refractivity contribution < 1.29 is 4.79 Å². The van der Waals surface area contributed by atoms with Gasteiger partial charge in [0, 0.05) is 22.6 Å². The minimum atomic E-state index is -0.373. The first kappa shape index (κ1) is 12.5. The number of nitrogens with one attached hydrogen (secondary N) is 1. The molecule has 92 valence electrons. The van der Waals surface area contributed by atoms with Crippen molar-refractivity contribution >= 4 is 33.3 Å². The van der Waals surface area contributed by atoms with E-state index in [-0.39, 0.29) is 17.4 Å². The van der Waals surface area contributed by atoms with Crippen molar-refractivity contribution in [3.63, 3.8) is 0 Å². The third-order valence-corrected chi connectivity index (χ3v) is 3.25. The molecule has 0 aliphatic heterocycles. The number of halogens is 1. The van der Waals surface area contributed by atoms with Crippen LogP contribution in [0.5, 0.6) is 0 Å². The number of hydrogen-bond donors (Lipinski definition) is 2. The van der Waals surface area contributed by atoms with Crippen molar-refractivity contribution in [2.24, 2.45) is 0 Å². The second kappa shape index (κ2) is 5.14. The molecule has 0 radical (unpaired) electrons. The number of rotatable bonds is 2. The SMILES string of the molecule is Cc1cc(NC(=O)c2nccnc2N)ccc1Br. The molecule has 18 heavy (non-hydrogen) atoms. The summed E-state index contributed by atoms with van der Waals surface area (Å²) in [5.41, 5.74) is 7.42. The Morgan fingerprint density at radius 2 is 2.06 bits per heavy atom. The number of hydrogen-bond acceptors (Lipinski definition) is 4. The number of carbonyl (C=O) groups is 1. The summed E-state index contributed by atoms with van der Waals surface area (Å²) in [5, 5.41) is 2.72. The number of amides is 1. The molecule has 0 saturated heterocycles. The molecule has 0 unspecified atom stereocenters. The molecule has 6 heteroatoms. The fourth-order valence-corrected chi connectivity index (χ4v) is 1.68. The second-order valence-corrected chi connectivity index (χ2v) is 4.56. The number of aromatic nitrogens is 2. The fourth-order valence-electron chi connectivity index (χ4n) is 1.44. The standard InChI is InChI=1S/C12H11BrN4O/c1-7-6-8(2-3-9(7)13)17-12(18)10-11(14)16-5-4-15-10/h2-6H,1H3,(H2,14,16)(H,17,18). The van der Waals surface area contributed by atoms with Gasteiger partial charge in [0.05, 0.1) is 0 Å². The van der Waals surface area contributed by atoms with E-state index < -0.39 is 0 Å². The zero-order valence-corrected chi connectivity index (χ0v) is 11.2. The Hall–Kier alpha value is -1.95. The van der Waals surface area contributed by atoms with Gasteiger partial charge < -0.3 is 11.1 Å². The van der Waals surface area contributed by atoms with Crippen molar-refractivity contribution in [2.45, 2.75) is 6.92 Å². The summed E-state index contributed by atoms with van der Waals surface area (Å²) >= 11 is 3.40. The molecule has 5 nitrogen and oxygen atoms in total. The minimum Gasteiger partial charge on any atom is -0.382 e. The maximum absolute atomic E-state index is 11.9. The van der Waals surface area contributed by atoms with Gasteiger partial charge in [0.2, 0.25) is 0 Å². The molecule has 0 fully saturated rings. The van der Waals surface area contributed by atoms with Crippen LogP contribution in [0.15, 0.2) is 35.1 Å². The summed E-state index contributed by atoms with van der Waals surface area (Å²) in [6.07, 6.45) is 2.87. The van der Waals surface area contributed by atoms with Crippen LogP contribution in [0.4, 0.5) is 11.5 Å². The van der Waals surface area contributed by atoms with E-state index in [1.807, 2.05) is 19.1 Å². The highest BCUT2D eigenvalue weighted by molar-refractivity contribution is 9.10. The monoisotopic (exact) mass is 306 g/mol. The number of anilines is 2. The summed E-state index contributed by atoms with van der Waals surface area (Å²) in [7, 11) is 0. The Kier molecular flexibility index (Phi) is 3.57. The van der Waals surface area contributed by atoms with Crippen LogP contribution in [-0.4, -0.2) is 15.9 Å². The molecule has 0 saturated carbocycles. The lowest BCUT2D eigenvalue weighted by Crippen LogP contribution is -2.16. The van der Waals surface area contributed by atoms with Crippen molar-refractivity contribution in [2.75, 3.05) is 11.1 Å². The van der Waals surface area contributed by atoms with Gasteiger partial charge in [0.25, 0.3) is 5.91 Å². The maximum atomic E-state index is 11.9. The van der Waals surface area contributed by atoms with Crippen LogP contribution in [0.2, 0.25) is 0 Å². The lowest BCUT2D eigenvalue weighted by molar-refractivity contribution is 0.102. The molecule has 0 bridgehead atoms. The van der Waals surface area contributed by atoms with Crippen molar-refractivity contribution in [1.29, 1.82) is 0 Å². The summed E-state index contributed by atoms with van der Waals surface area (Å²) in [6.45, 7) is 1.94. The molecular formula is C12H11BrN4O. The Morgan fingerprint density at radius 3 is 2.72 bits per heavy atom. The first-order valence-electron chi connectivity index (χ1n) is 5.22. The lowest BCUT2D eigenvalue weighted by Gasteiger charge is -2.07. The van der Waals surface area contributed by atoms with Crippen LogP contribution in [0.1, 0.15) is 16.1 Å². The van der Waals surface area contributed by atoms with E-state index in [1.54, 1.807) is 6.07 Å². The maximum Gasteiger partial charge on any atom is 0.278 e. The molecule has 0 atom stereocenters. The first-order valence-corrected chi connectivity index (χ1v) is 6.01. The smallest absolute Gasteiger partial charge is 0.278 e. The Bertz CT molecular complexity index is 600. The summed E-state index contributed by atoms with van der Waals surface area (Å²) in [5.74, 6) is -0.258. The second-order valence-electron chi connectivity index (χ2n) is 3.71. The lowest BCUT2D eigenvalue weighted by atomic mass is 10.2. The van der Waals surface area contributed by atoms with Crippen molar-refractivity contribution in [3.05, 3.63) is 46.3 Å². The number of aryl methyl sites for hydroxylation is 1. The van der Waals surface area contributed by atoms with Gasteiger partial charge in [-0.15, -0.1) is 0 Å². The van der Waals surface area contributed by atoms with Gasteiger partial charge in [-0.2, -0.15) is 0 Å². The normalized spacial score (nSPS) is 10.1. The molecule has 2 aromatic rings. The van der Waals surface area contributed by atoms with Crippen LogP contribution in [0.3, 0.4) is 0 Å². The number of nitrogens with zero attached hydrogens (tertiary/aromatic N) is 2. The van der Waals surface area contributed by atoms with E-state index in [1.165, 1.54) is 12.4 Å². The highest BCUT2D eigenvalue weighted by atomic mass is 79.9. The molecule has 1 aromatic heterocycles. The van der Waals surface area contributed by atoms with E-state index in [9.17, 15) is 4.79 Å². The Labute approximate surface area is 113 Å². The van der Waals surface area contributed by atoms with Gasteiger partial charge in [0.15, 0.2) is 11.5 Å². The molecule has 0 aliphatic rings. The molecule has 0 spiro atoms. The number of nitrogen functional groups attached to an aromatic ring is 1.